The third-order valence-corrected chi connectivity index (χ3v) is 5.09. The zero-order chi connectivity index (χ0) is 19.6. The lowest BCUT2D eigenvalue weighted by Gasteiger charge is -2.23. The average Bonchev–Trinajstić information content (AvgIpc) is 2.73. The van der Waals surface area contributed by atoms with Crippen LogP contribution in [0.4, 0.5) is 0 Å². The highest BCUT2D eigenvalue weighted by Gasteiger charge is 2.13. The third-order valence-electron chi connectivity index (χ3n) is 4.86. The summed E-state index contributed by atoms with van der Waals surface area (Å²) in [5.41, 5.74) is 7.55. The summed E-state index contributed by atoms with van der Waals surface area (Å²) in [6.45, 7) is 7.78. The Hall–Kier alpha value is -2.28. The molecule has 0 spiro atoms. The van der Waals surface area contributed by atoms with E-state index in [0.717, 1.165) is 57.1 Å². The maximum atomic E-state index is 5.41. The molecular formula is C22H29N4OS+. The fourth-order valence-corrected chi connectivity index (χ4v) is 3.31. The lowest BCUT2D eigenvalue weighted by Crippen LogP contribution is -3.14. The molecule has 3 N–H and O–H groups in total. The van der Waals surface area contributed by atoms with Gasteiger partial charge in [0.25, 0.3) is 0 Å². The number of nitrogens with zero attached hydrogens (tertiary/aromatic N) is 1. The highest BCUT2D eigenvalue weighted by Crippen LogP contribution is 2.10. The second-order valence-electron chi connectivity index (χ2n) is 7.07. The Morgan fingerprint density at radius 3 is 2.50 bits per heavy atom. The first-order chi connectivity index (χ1) is 13.7. The van der Waals surface area contributed by atoms with E-state index in [9.17, 15) is 0 Å². The van der Waals surface area contributed by atoms with Crippen molar-refractivity contribution >= 4 is 23.0 Å². The molecule has 0 amide bonds. The molecule has 2 aromatic rings. The summed E-state index contributed by atoms with van der Waals surface area (Å²) in [5.74, 6) is 0. The molecular weight excluding hydrogens is 368 g/mol. The Morgan fingerprint density at radius 1 is 1.07 bits per heavy atom. The first kappa shape index (κ1) is 20.5. The van der Waals surface area contributed by atoms with Gasteiger partial charge in [-0.3, -0.25) is 5.43 Å². The molecule has 0 atom stereocenters. The largest absolute Gasteiger partial charge is 0.370 e. The van der Waals surface area contributed by atoms with Crippen LogP contribution in [0, 0.1) is 6.92 Å². The summed E-state index contributed by atoms with van der Waals surface area (Å²) in [7, 11) is 0. The Bertz CT molecular complexity index is 771. The number of morpholine rings is 1. The van der Waals surface area contributed by atoms with E-state index in [4.69, 9.17) is 17.0 Å². The first-order valence-electron chi connectivity index (χ1n) is 9.83. The summed E-state index contributed by atoms with van der Waals surface area (Å²) in [4.78, 5) is 1.55. The van der Waals surface area contributed by atoms with E-state index in [2.05, 4.69) is 71.3 Å². The predicted molar refractivity (Wildman–Crippen MR) is 118 cm³/mol. The molecule has 3 rings (SSSR count). The molecule has 0 aliphatic carbocycles. The van der Waals surface area contributed by atoms with Crippen LogP contribution in [0.25, 0.3) is 0 Å². The zero-order valence-electron chi connectivity index (χ0n) is 16.4. The number of hydrazone groups is 1. The highest BCUT2D eigenvalue weighted by molar-refractivity contribution is 7.80. The van der Waals surface area contributed by atoms with Crippen LogP contribution in [0.5, 0.6) is 0 Å². The molecule has 6 heteroatoms. The van der Waals surface area contributed by atoms with E-state index in [1.807, 2.05) is 6.07 Å². The molecule has 0 unspecified atom stereocenters. The molecule has 1 saturated heterocycles. The van der Waals surface area contributed by atoms with E-state index in [1.54, 1.807) is 4.90 Å². The van der Waals surface area contributed by atoms with E-state index in [-0.39, 0.29) is 0 Å². The van der Waals surface area contributed by atoms with Crippen molar-refractivity contribution in [3.63, 3.8) is 0 Å². The molecule has 0 saturated carbocycles. The van der Waals surface area contributed by atoms with Gasteiger partial charge in [-0.15, -0.1) is 0 Å². The quantitative estimate of drug-likeness (QED) is 0.375. The third kappa shape index (κ3) is 6.71. The Kier molecular flexibility index (Phi) is 7.96. The van der Waals surface area contributed by atoms with E-state index in [1.165, 1.54) is 11.1 Å². The number of aryl methyl sites for hydroxylation is 1. The van der Waals surface area contributed by atoms with Gasteiger partial charge in [-0.05, 0) is 30.3 Å². The number of ether oxygens (including phenoxy) is 1. The lowest BCUT2D eigenvalue weighted by molar-refractivity contribution is -0.906. The fraction of sp³-hybridized carbons (Fsp3) is 0.364. The second kappa shape index (κ2) is 10.9. The minimum atomic E-state index is 0.560. The number of benzene rings is 2. The Balaban J connectivity index is 1.58. The van der Waals surface area contributed by atoms with Crippen molar-refractivity contribution in [2.24, 2.45) is 5.10 Å². The van der Waals surface area contributed by atoms with Gasteiger partial charge in [0, 0.05) is 6.42 Å². The van der Waals surface area contributed by atoms with Crippen LogP contribution in [0.2, 0.25) is 0 Å². The van der Waals surface area contributed by atoms with Crippen molar-refractivity contribution < 1.29 is 9.64 Å². The second-order valence-corrected chi connectivity index (χ2v) is 7.48. The first-order valence-corrected chi connectivity index (χ1v) is 10.2. The molecule has 2 aromatic carbocycles. The molecule has 0 radical (unpaired) electrons. The van der Waals surface area contributed by atoms with Crippen LogP contribution in [0.1, 0.15) is 16.7 Å². The summed E-state index contributed by atoms with van der Waals surface area (Å²) in [6, 6.07) is 18.8. The minimum Gasteiger partial charge on any atom is -0.370 e. The van der Waals surface area contributed by atoms with E-state index < -0.39 is 0 Å². The van der Waals surface area contributed by atoms with Crippen LogP contribution in [0.15, 0.2) is 59.7 Å². The maximum Gasteiger partial charge on any atom is 0.187 e. The monoisotopic (exact) mass is 397 g/mol. The molecule has 5 nitrogen and oxygen atoms in total. The summed E-state index contributed by atoms with van der Waals surface area (Å²) in [5, 5.41) is 8.44. The van der Waals surface area contributed by atoms with Crippen LogP contribution >= 0.6 is 12.2 Å². The van der Waals surface area contributed by atoms with Crippen molar-refractivity contribution in [2.75, 3.05) is 39.4 Å². The summed E-state index contributed by atoms with van der Waals surface area (Å²) >= 11 is 5.41. The number of hydrogen-bond acceptors (Lipinski definition) is 3. The van der Waals surface area contributed by atoms with Gasteiger partial charge in [0.1, 0.15) is 13.1 Å². The molecule has 148 valence electrons. The molecule has 1 aliphatic heterocycles. The fourth-order valence-electron chi connectivity index (χ4n) is 3.16. The number of thiocarbonyl (C=S) groups is 1. The van der Waals surface area contributed by atoms with Crippen molar-refractivity contribution in [2.45, 2.75) is 13.3 Å². The standard InChI is InChI=1S/C22H28N4OS/c1-18-7-9-20(10-8-18)21(17-19-5-3-2-4-6-19)24-25-22(28)23-11-12-26-13-15-27-16-14-26/h2-10H,11-17H2,1H3,(H2,23,25,28)/p+1/b24-21+. The molecule has 0 aromatic heterocycles. The lowest BCUT2D eigenvalue weighted by atomic mass is 10.0. The summed E-state index contributed by atoms with van der Waals surface area (Å²) < 4.78 is 5.39. The predicted octanol–water partition coefficient (Wildman–Crippen LogP) is 1.32. The van der Waals surface area contributed by atoms with Gasteiger partial charge in [-0.1, -0.05) is 60.2 Å². The number of rotatable bonds is 7. The van der Waals surface area contributed by atoms with Gasteiger partial charge in [-0.25, -0.2) is 0 Å². The SMILES string of the molecule is Cc1ccc(/C(Cc2ccccc2)=N/NC(=S)NCC[NH+]2CCOCC2)cc1. The van der Waals surface area contributed by atoms with Crippen molar-refractivity contribution in [3.05, 3.63) is 71.3 Å². The molecule has 1 aliphatic rings. The number of hydrogen-bond donors (Lipinski definition) is 3. The van der Waals surface area contributed by atoms with Crippen molar-refractivity contribution in [3.8, 4) is 0 Å². The van der Waals surface area contributed by atoms with Crippen molar-refractivity contribution in [1.82, 2.24) is 10.7 Å². The smallest absolute Gasteiger partial charge is 0.187 e. The highest BCUT2D eigenvalue weighted by atomic mass is 32.1. The van der Waals surface area contributed by atoms with Gasteiger partial charge in [0.2, 0.25) is 0 Å². The van der Waals surface area contributed by atoms with Crippen LogP contribution in [-0.2, 0) is 11.2 Å². The van der Waals surface area contributed by atoms with Gasteiger partial charge < -0.3 is 15.0 Å². The van der Waals surface area contributed by atoms with E-state index in [0.29, 0.717) is 5.11 Å². The molecule has 1 heterocycles. The maximum absolute atomic E-state index is 5.41. The van der Waals surface area contributed by atoms with Crippen LogP contribution in [-0.4, -0.2) is 50.2 Å². The number of quaternary nitrogens is 1. The van der Waals surface area contributed by atoms with Crippen LogP contribution < -0.4 is 15.6 Å². The van der Waals surface area contributed by atoms with E-state index >= 15 is 0 Å². The van der Waals surface area contributed by atoms with Gasteiger partial charge >= 0.3 is 0 Å². The molecule has 28 heavy (non-hydrogen) atoms. The molecule has 0 bridgehead atoms. The number of nitrogens with one attached hydrogen (secondary N) is 3. The van der Waals surface area contributed by atoms with Gasteiger partial charge in [0.15, 0.2) is 5.11 Å². The summed E-state index contributed by atoms with van der Waals surface area (Å²) in [6.07, 6.45) is 0.747. The van der Waals surface area contributed by atoms with Crippen LogP contribution in [0.3, 0.4) is 0 Å². The van der Waals surface area contributed by atoms with Crippen molar-refractivity contribution in [1.29, 1.82) is 0 Å². The Morgan fingerprint density at radius 2 is 1.79 bits per heavy atom. The zero-order valence-corrected chi connectivity index (χ0v) is 17.2. The topological polar surface area (TPSA) is 50.1 Å². The normalized spacial score (nSPS) is 15.2. The minimum absolute atomic E-state index is 0.560. The van der Waals surface area contributed by atoms with Gasteiger partial charge in [0.05, 0.1) is 32.0 Å². The molecule has 1 fully saturated rings. The Labute approximate surface area is 172 Å². The average molecular weight is 398 g/mol. The van der Waals surface area contributed by atoms with Gasteiger partial charge in [-0.2, -0.15) is 5.10 Å².